The number of aromatic nitrogens is 5. The SMILES string of the molecule is Nc1nc(-c2cccc(-n3ccc4cc(C5CC5)cc(F)c4c3=O)c2CO)c2cc(-c3cccc(F)n3)[nH]c2n1. The average Bonchev–Trinajstić information content (AvgIpc) is 3.71. The standard InChI is InChI=1S/C30H22F2N6O2/c31-21-12-17(15-7-8-15)11-16-9-10-38(29(40)26(16)21)24-5-1-3-18(20(24)14-39)27-19-13-23(22-4-2-6-25(32)34-22)35-28(19)37-30(33)36-27/h1-6,9-13,15,39H,7-8,14H2,(H3,33,35,36,37). The van der Waals surface area contributed by atoms with Gasteiger partial charge in [-0.2, -0.15) is 9.37 Å². The van der Waals surface area contributed by atoms with Gasteiger partial charge in [-0.3, -0.25) is 9.36 Å². The highest BCUT2D eigenvalue weighted by Gasteiger charge is 2.25. The number of nitrogens with zero attached hydrogens (tertiary/aromatic N) is 4. The van der Waals surface area contributed by atoms with Gasteiger partial charge in [0.25, 0.3) is 5.56 Å². The van der Waals surface area contributed by atoms with Crippen molar-refractivity contribution in [2.45, 2.75) is 25.4 Å². The van der Waals surface area contributed by atoms with E-state index in [1.807, 2.05) is 6.07 Å². The molecule has 4 heterocycles. The molecule has 1 fully saturated rings. The summed E-state index contributed by atoms with van der Waals surface area (Å²) in [5.74, 6) is -0.856. The summed E-state index contributed by atoms with van der Waals surface area (Å²) >= 11 is 0. The van der Waals surface area contributed by atoms with Crippen LogP contribution in [0.4, 0.5) is 14.7 Å². The van der Waals surface area contributed by atoms with Crippen molar-refractivity contribution in [1.29, 1.82) is 0 Å². The fourth-order valence-corrected chi connectivity index (χ4v) is 5.31. The van der Waals surface area contributed by atoms with Crippen LogP contribution >= 0.6 is 0 Å². The largest absolute Gasteiger partial charge is 0.392 e. The number of hydrogen-bond acceptors (Lipinski definition) is 6. The maximum atomic E-state index is 15.2. The molecule has 0 aliphatic heterocycles. The Bertz CT molecular complexity index is 2030. The summed E-state index contributed by atoms with van der Waals surface area (Å²) < 4.78 is 30.3. The van der Waals surface area contributed by atoms with E-state index in [1.54, 1.807) is 48.7 Å². The number of nitrogen functional groups attached to an aromatic ring is 1. The molecule has 40 heavy (non-hydrogen) atoms. The van der Waals surface area contributed by atoms with E-state index in [0.717, 1.165) is 18.4 Å². The van der Waals surface area contributed by atoms with Gasteiger partial charge in [0, 0.05) is 22.7 Å². The van der Waals surface area contributed by atoms with E-state index >= 15 is 4.39 Å². The van der Waals surface area contributed by atoms with Crippen LogP contribution in [0.15, 0.2) is 71.7 Å². The van der Waals surface area contributed by atoms with Crippen LogP contribution in [0.5, 0.6) is 0 Å². The van der Waals surface area contributed by atoms with Gasteiger partial charge in [0.05, 0.1) is 34.8 Å². The van der Waals surface area contributed by atoms with Crippen LogP contribution in [0.1, 0.15) is 29.9 Å². The molecule has 6 aromatic rings. The Balaban J connectivity index is 1.41. The lowest BCUT2D eigenvalue weighted by molar-refractivity contribution is 0.282. The fourth-order valence-electron chi connectivity index (χ4n) is 5.31. The average molecular weight is 537 g/mol. The fraction of sp³-hybridized carbons (Fsp3) is 0.133. The minimum absolute atomic E-state index is 0.00673. The molecule has 0 unspecified atom stereocenters. The van der Waals surface area contributed by atoms with Gasteiger partial charge in [0.2, 0.25) is 11.9 Å². The lowest BCUT2D eigenvalue weighted by Gasteiger charge is -2.16. The number of fused-ring (bicyclic) bond motifs is 2. The maximum absolute atomic E-state index is 15.2. The summed E-state index contributed by atoms with van der Waals surface area (Å²) in [5.41, 5.74) is 9.37. The van der Waals surface area contributed by atoms with Crippen molar-refractivity contribution in [3.05, 3.63) is 100 Å². The molecule has 1 saturated carbocycles. The quantitative estimate of drug-likeness (QED) is 0.260. The molecule has 2 aromatic carbocycles. The van der Waals surface area contributed by atoms with Crippen molar-refractivity contribution < 1.29 is 13.9 Å². The van der Waals surface area contributed by atoms with Gasteiger partial charge in [-0.25, -0.2) is 14.4 Å². The number of pyridine rings is 2. The maximum Gasteiger partial charge on any atom is 0.265 e. The highest BCUT2D eigenvalue weighted by atomic mass is 19.1. The first-order valence-electron chi connectivity index (χ1n) is 12.8. The Morgan fingerprint density at radius 2 is 1.85 bits per heavy atom. The second-order valence-electron chi connectivity index (χ2n) is 9.91. The Morgan fingerprint density at radius 1 is 1.02 bits per heavy atom. The van der Waals surface area contributed by atoms with Crippen LogP contribution in [0.25, 0.3) is 50.1 Å². The van der Waals surface area contributed by atoms with Gasteiger partial charge in [0.15, 0.2) is 0 Å². The lowest BCUT2D eigenvalue weighted by Crippen LogP contribution is -2.20. The molecule has 8 nitrogen and oxygen atoms in total. The van der Waals surface area contributed by atoms with Gasteiger partial charge < -0.3 is 15.8 Å². The number of hydrogen-bond donors (Lipinski definition) is 3. The predicted octanol–water partition coefficient (Wildman–Crippen LogP) is 5.22. The van der Waals surface area contributed by atoms with Crippen LogP contribution in [-0.4, -0.2) is 29.6 Å². The van der Waals surface area contributed by atoms with Crippen LogP contribution in [0, 0.1) is 11.8 Å². The highest BCUT2D eigenvalue weighted by Crippen LogP contribution is 2.41. The zero-order valence-corrected chi connectivity index (χ0v) is 21.0. The second-order valence-corrected chi connectivity index (χ2v) is 9.91. The van der Waals surface area contributed by atoms with Crippen LogP contribution in [0.2, 0.25) is 0 Å². The molecule has 0 amide bonds. The van der Waals surface area contributed by atoms with Crippen molar-refractivity contribution in [3.63, 3.8) is 0 Å². The monoisotopic (exact) mass is 536 g/mol. The molecule has 1 aliphatic rings. The van der Waals surface area contributed by atoms with Crippen molar-refractivity contribution in [2.75, 3.05) is 5.73 Å². The third-order valence-corrected chi connectivity index (χ3v) is 7.35. The zero-order valence-electron chi connectivity index (χ0n) is 21.0. The van der Waals surface area contributed by atoms with Crippen LogP contribution in [-0.2, 0) is 6.61 Å². The first-order valence-corrected chi connectivity index (χ1v) is 12.8. The minimum Gasteiger partial charge on any atom is -0.392 e. The number of anilines is 1. The smallest absolute Gasteiger partial charge is 0.265 e. The first kappa shape index (κ1) is 24.1. The molecule has 1 aliphatic carbocycles. The summed E-state index contributed by atoms with van der Waals surface area (Å²) in [7, 11) is 0. The third kappa shape index (κ3) is 3.92. The van der Waals surface area contributed by atoms with E-state index in [9.17, 15) is 14.3 Å². The Labute approximate surface area is 225 Å². The number of aliphatic hydroxyl groups excluding tert-OH is 1. The normalized spacial score (nSPS) is 13.4. The molecule has 4 N–H and O–H groups in total. The Kier molecular flexibility index (Phi) is 5.46. The molecule has 0 bridgehead atoms. The molecule has 0 saturated heterocycles. The van der Waals surface area contributed by atoms with Gasteiger partial charge >= 0.3 is 0 Å². The molecule has 10 heteroatoms. The van der Waals surface area contributed by atoms with Crippen molar-refractivity contribution >= 4 is 27.8 Å². The summed E-state index contributed by atoms with van der Waals surface area (Å²) in [5, 5.41) is 11.6. The van der Waals surface area contributed by atoms with Crippen molar-refractivity contribution in [2.24, 2.45) is 0 Å². The minimum atomic E-state index is -0.627. The molecular weight excluding hydrogens is 514 g/mol. The lowest BCUT2D eigenvalue weighted by atomic mass is 10.00. The molecular formula is C30H22F2N6O2. The molecule has 4 aromatic heterocycles. The van der Waals surface area contributed by atoms with E-state index < -0.39 is 23.9 Å². The molecule has 0 radical (unpaired) electrons. The summed E-state index contributed by atoms with van der Waals surface area (Å²) in [4.78, 5) is 29.3. The topological polar surface area (TPSA) is 123 Å². The molecule has 198 valence electrons. The van der Waals surface area contributed by atoms with Gasteiger partial charge in [-0.1, -0.05) is 24.3 Å². The predicted molar refractivity (Wildman–Crippen MR) is 148 cm³/mol. The number of H-pyrrole nitrogens is 1. The van der Waals surface area contributed by atoms with Gasteiger partial charge in [-0.15, -0.1) is 0 Å². The van der Waals surface area contributed by atoms with E-state index in [4.69, 9.17) is 5.73 Å². The first-order chi connectivity index (χ1) is 19.4. The van der Waals surface area contributed by atoms with E-state index in [-0.39, 0.29) is 11.3 Å². The number of benzene rings is 2. The molecule has 0 atom stereocenters. The molecule has 7 rings (SSSR count). The summed E-state index contributed by atoms with van der Waals surface area (Å²) in [6, 6.07) is 16.4. The van der Waals surface area contributed by atoms with E-state index in [0.29, 0.717) is 56.2 Å². The van der Waals surface area contributed by atoms with Gasteiger partial charge in [-0.05, 0) is 66.1 Å². The number of nitrogens with one attached hydrogen (secondary N) is 1. The summed E-state index contributed by atoms with van der Waals surface area (Å²) in [6.45, 7) is -0.437. The van der Waals surface area contributed by atoms with Crippen molar-refractivity contribution in [1.82, 2.24) is 24.5 Å². The number of halogens is 2. The Morgan fingerprint density at radius 3 is 2.62 bits per heavy atom. The van der Waals surface area contributed by atoms with Crippen LogP contribution in [0.3, 0.4) is 0 Å². The number of aromatic amines is 1. The van der Waals surface area contributed by atoms with E-state index in [1.165, 1.54) is 16.7 Å². The summed E-state index contributed by atoms with van der Waals surface area (Å²) in [6.07, 6.45) is 3.64. The van der Waals surface area contributed by atoms with Crippen LogP contribution < -0.4 is 11.3 Å². The van der Waals surface area contributed by atoms with Crippen molar-refractivity contribution in [3.8, 4) is 28.3 Å². The highest BCUT2D eigenvalue weighted by molar-refractivity contribution is 5.96. The van der Waals surface area contributed by atoms with E-state index in [2.05, 4.69) is 19.9 Å². The zero-order chi connectivity index (χ0) is 27.5. The number of nitrogens with two attached hydrogens (primary N) is 1. The second kappa shape index (κ2) is 9.06. The van der Waals surface area contributed by atoms with Gasteiger partial charge in [0.1, 0.15) is 11.5 Å². The molecule has 0 spiro atoms. The Hall–Kier alpha value is -4.96. The number of rotatable bonds is 5. The third-order valence-electron chi connectivity index (χ3n) is 7.35. The number of aliphatic hydroxyl groups is 1.